The summed E-state index contributed by atoms with van der Waals surface area (Å²) >= 11 is 1.46. The van der Waals surface area contributed by atoms with Crippen LogP contribution in [0.2, 0.25) is 0 Å². The van der Waals surface area contributed by atoms with Gasteiger partial charge in [-0.3, -0.25) is 4.79 Å². The third kappa shape index (κ3) is 3.37. The van der Waals surface area contributed by atoms with Crippen LogP contribution in [0.5, 0.6) is 0 Å². The molecule has 2 aromatic heterocycles. The van der Waals surface area contributed by atoms with Crippen LogP contribution in [0.1, 0.15) is 35.1 Å². The summed E-state index contributed by atoms with van der Waals surface area (Å²) in [6, 6.07) is 8.47. The minimum Gasteiger partial charge on any atom is -0.334 e. The van der Waals surface area contributed by atoms with Gasteiger partial charge in [0.1, 0.15) is 10.6 Å². The first kappa shape index (κ1) is 18.1. The van der Waals surface area contributed by atoms with Crippen LogP contribution in [-0.2, 0) is 0 Å². The number of amides is 1. The second kappa shape index (κ2) is 7.40. The van der Waals surface area contributed by atoms with Gasteiger partial charge in [0.15, 0.2) is 0 Å². The molecule has 4 rings (SSSR count). The first-order chi connectivity index (χ1) is 13.1. The summed E-state index contributed by atoms with van der Waals surface area (Å²) in [4.78, 5) is 16.9. The van der Waals surface area contributed by atoms with Crippen LogP contribution in [0.4, 0.5) is 4.39 Å². The van der Waals surface area contributed by atoms with Gasteiger partial charge < -0.3 is 10.2 Å². The van der Waals surface area contributed by atoms with E-state index in [1.54, 1.807) is 16.8 Å². The molecule has 1 saturated heterocycles. The van der Waals surface area contributed by atoms with Gasteiger partial charge in [0.25, 0.3) is 5.91 Å². The Kier molecular flexibility index (Phi) is 4.97. The van der Waals surface area contributed by atoms with Crippen LogP contribution in [0.15, 0.2) is 30.3 Å². The van der Waals surface area contributed by atoms with Gasteiger partial charge >= 0.3 is 0 Å². The second-order valence-corrected chi connectivity index (χ2v) is 7.98. The van der Waals surface area contributed by atoms with Crippen molar-refractivity contribution in [3.8, 4) is 5.69 Å². The topological polar surface area (TPSA) is 50.2 Å². The zero-order chi connectivity index (χ0) is 19.0. The highest BCUT2D eigenvalue weighted by molar-refractivity contribution is 7.20. The van der Waals surface area contributed by atoms with Gasteiger partial charge in [-0.05, 0) is 56.6 Å². The molecular weight excluding hydrogens is 363 g/mol. The van der Waals surface area contributed by atoms with E-state index in [2.05, 4.69) is 17.3 Å². The average Bonchev–Trinajstić information content (AvgIpc) is 3.38. The largest absolute Gasteiger partial charge is 0.334 e. The molecule has 3 aromatic rings. The number of benzene rings is 1. The van der Waals surface area contributed by atoms with E-state index in [9.17, 15) is 9.18 Å². The maximum atomic E-state index is 13.3. The van der Waals surface area contributed by atoms with Gasteiger partial charge in [0, 0.05) is 24.5 Å². The highest BCUT2D eigenvalue weighted by Crippen LogP contribution is 2.31. The molecule has 1 atom stereocenters. The van der Waals surface area contributed by atoms with Crippen molar-refractivity contribution in [2.75, 3.05) is 19.6 Å². The fraction of sp³-hybridized carbons (Fsp3) is 0.400. The summed E-state index contributed by atoms with van der Waals surface area (Å²) in [5.74, 6) is -0.182. The standard InChI is InChI=1S/C20H23FN4OS/c1-3-10-24(16-8-9-22-12-16)19(26)18-11-17-13(2)23-25(20(17)27-18)15-6-4-14(21)5-7-15/h4-7,11,16,22H,3,8-10,12H2,1-2H3. The quantitative estimate of drug-likeness (QED) is 0.727. The Balaban J connectivity index is 1.71. The van der Waals surface area contributed by atoms with Crippen molar-refractivity contribution in [3.63, 3.8) is 0 Å². The number of fused-ring (bicyclic) bond motifs is 1. The Morgan fingerprint density at radius 2 is 2.19 bits per heavy atom. The fourth-order valence-electron chi connectivity index (χ4n) is 3.65. The molecule has 1 fully saturated rings. The molecule has 5 nitrogen and oxygen atoms in total. The maximum Gasteiger partial charge on any atom is 0.264 e. The van der Waals surface area contributed by atoms with Gasteiger partial charge in [-0.1, -0.05) is 6.92 Å². The van der Waals surface area contributed by atoms with Crippen LogP contribution >= 0.6 is 11.3 Å². The van der Waals surface area contributed by atoms with E-state index in [4.69, 9.17) is 0 Å². The van der Waals surface area contributed by atoms with Crippen LogP contribution in [-0.4, -0.2) is 46.3 Å². The van der Waals surface area contributed by atoms with Crippen LogP contribution in [0.3, 0.4) is 0 Å². The third-order valence-electron chi connectivity index (χ3n) is 5.03. The van der Waals surface area contributed by atoms with Crippen molar-refractivity contribution in [2.45, 2.75) is 32.7 Å². The van der Waals surface area contributed by atoms with E-state index in [0.717, 1.165) is 59.0 Å². The Labute approximate surface area is 161 Å². The van der Waals surface area contributed by atoms with Gasteiger partial charge in [-0.15, -0.1) is 11.3 Å². The molecule has 7 heteroatoms. The van der Waals surface area contributed by atoms with Crippen molar-refractivity contribution in [1.29, 1.82) is 0 Å². The minimum absolute atomic E-state index is 0.0943. The Morgan fingerprint density at radius 1 is 1.41 bits per heavy atom. The molecule has 0 saturated carbocycles. The number of carbonyl (C=O) groups excluding carboxylic acids is 1. The summed E-state index contributed by atoms with van der Waals surface area (Å²) in [7, 11) is 0. The molecule has 0 radical (unpaired) electrons. The predicted molar refractivity (Wildman–Crippen MR) is 106 cm³/mol. The highest BCUT2D eigenvalue weighted by atomic mass is 32.1. The number of nitrogens with zero attached hydrogens (tertiary/aromatic N) is 3. The molecule has 1 N–H and O–H groups in total. The van der Waals surface area contributed by atoms with Crippen LogP contribution in [0, 0.1) is 12.7 Å². The third-order valence-corrected chi connectivity index (χ3v) is 6.13. The molecule has 27 heavy (non-hydrogen) atoms. The molecule has 3 heterocycles. The molecule has 0 aliphatic carbocycles. The van der Waals surface area contributed by atoms with Gasteiger partial charge in [0.05, 0.1) is 16.3 Å². The van der Waals surface area contributed by atoms with Crippen LogP contribution < -0.4 is 5.32 Å². The zero-order valence-electron chi connectivity index (χ0n) is 15.5. The molecule has 1 aromatic carbocycles. The van der Waals surface area contributed by atoms with Crippen molar-refractivity contribution in [3.05, 3.63) is 46.7 Å². The number of hydrogen-bond donors (Lipinski definition) is 1. The molecule has 1 aliphatic heterocycles. The number of aryl methyl sites for hydroxylation is 1. The summed E-state index contributed by atoms with van der Waals surface area (Å²) in [6.45, 7) is 6.63. The monoisotopic (exact) mass is 386 g/mol. The van der Waals surface area contributed by atoms with E-state index in [1.165, 1.54) is 23.5 Å². The van der Waals surface area contributed by atoms with Crippen molar-refractivity contribution in [2.24, 2.45) is 0 Å². The van der Waals surface area contributed by atoms with E-state index in [1.807, 2.05) is 17.9 Å². The lowest BCUT2D eigenvalue weighted by atomic mass is 10.2. The number of nitrogens with one attached hydrogen (secondary N) is 1. The first-order valence-electron chi connectivity index (χ1n) is 9.35. The molecule has 1 amide bonds. The normalized spacial score (nSPS) is 16.9. The van der Waals surface area contributed by atoms with Crippen molar-refractivity contribution < 1.29 is 9.18 Å². The zero-order valence-corrected chi connectivity index (χ0v) is 16.4. The number of thiophene rings is 1. The summed E-state index contributed by atoms with van der Waals surface area (Å²) in [5, 5.41) is 8.91. The lowest BCUT2D eigenvalue weighted by molar-refractivity contribution is 0.0697. The van der Waals surface area contributed by atoms with Crippen LogP contribution in [0.25, 0.3) is 15.9 Å². The first-order valence-corrected chi connectivity index (χ1v) is 10.2. The molecule has 0 spiro atoms. The van der Waals surface area contributed by atoms with E-state index in [-0.39, 0.29) is 17.8 Å². The summed E-state index contributed by atoms with van der Waals surface area (Å²) < 4.78 is 15.1. The molecule has 142 valence electrons. The molecule has 0 bridgehead atoms. The number of aromatic nitrogens is 2. The molecular formula is C20H23FN4OS. The second-order valence-electron chi connectivity index (χ2n) is 6.95. The number of carbonyl (C=O) groups is 1. The highest BCUT2D eigenvalue weighted by Gasteiger charge is 2.28. The number of rotatable bonds is 5. The van der Waals surface area contributed by atoms with Crippen molar-refractivity contribution in [1.82, 2.24) is 20.0 Å². The lowest BCUT2D eigenvalue weighted by Gasteiger charge is -2.27. The smallest absolute Gasteiger partial charge is 0.264 e. The SMILES string of the molecule is CCCN(C(=O)c1cc2c(C)nn(-c3ccc(F)cc3)c2s1)C1CCNC1. The van der Waals surface area contributed by atoms with E-state index >= 15 is 0 Å². The Morgan fingerprint density at radius 3 is 2.85 bits per heavy atom. The Hall–Kier alpha value is -2.25. The van der Waals surface area contributed by atoms with E-state index < -0.39 is 0 Å². The average molecular weight is 386 g/mol. The van der Waals surface area contributed by atoms with Crippen molar-refractivity contribution >= 4 is 27.5 Å². The fourth-order valence-corrected chi connectivity index (χ4v) is 4.79. The van der Waals surface area contributed by atoms with Gasteiger partial charge in [-0.25, -0.2) is 9.07 Å². The molecule has 1 unspecified atom stereocenters. The van der Waals surface area contributed by atoms with Gasteiger partial charge in [0.2, 0.25) is 0 Å². The number of halogens is 1. The summed E-state index contributed by atoms with van der Waals surface area (Å²) in [5.41, 5.74) is 1.66. The summed E-state index contributed by atoms with van der Waals surface area (Å²) in [6.07, 6.45) is 1.94. The Bertz CT molecular complexity index is 956. The maximum absolute atomic E-state index is 13.3. The lowest BCUT2D eigenvalue weighted by Crippen LogP contribution is -2.41. The number of hydrogen-bond acceptors (Lipinski definition) is 4. The predicted octanol–water partition coefficient (Wildman–Crippen LogP) is 3.75. The minimum atomic E-state index is -0.277. The van der Waals surface area contributed by atoms with Gasteiger partial charge in [-0.2, -0.15) is 5.10 Å². The molecule has 1 aliphatic rings. The van der Waals surface area contributed by atoms with E-state index in [0.29, 0.717) is 0 Å².